The first kappa shape index (κ1) is 13.8. The summed E-state index contributed by atoms with van der Waals surface area (Å²) in [5.74, 6) is -0.306. The predicted octanol–water partition coefficient (Wildman–Crippen LogP) is 3.24. The quantitative estimate of drug-likeness (QED) is 0.687. The lowest BCUT2D eigenvalue weighted by Gasteiger charge is -2.11. The fraction of sp³-hybridized carbons (Fsp3) is 0.125. The Hall–Kier alpha value is -2.62. The van der Waals surface area contributed by atoms with Gasteiger partial charge in [0.25, 0.3) is 0 Å². The van der Waals surface area contributed by atoms with E-state index >= 15 is 0 Å². The highest BCUT2D eigenvalue weighted by Crippen LogP contribution is 2.30. The minimum absolute atomic E-state index is 0.219. The fourth-order valence-electron chi connectivity index (χ4n) is 1.87. The highest BCUT2D eigenvalue weighted by Gasteiger charge is 2.09. The maximum Gasteiger partial charge on any atom is 0.308 e. The summed E-state index contributed by atoms with van der Waals surface area (Å²) >= 11 is 0. The van der Waals surface area contributed by atoms with Crippen LogP contribution in [0.3, 0.4) is 0 Å². The number of hydrogen-bond acceptors (Lipinski definition) is 3. The smallest absolute Gasteiger partial charge is 0.308 e. The standard InChI is InChI=1S/C16H15NO3/c1-11(18)17-15-10-14(13-6-4-3-5-7-13)8-9-16(15)20-12(2)19/h3-10H,1-2H3,(H,17,18). The van der Waals surface area contributed by atoms with Crippen LogP contribution in [0.2, 0.25) is 0 Å². The summed E-state index contributed by atoms with van der Waals surface area (Å²) in [5, 5.41) is 2.67. The molecule has 20 heavy (non-hydrogen) atoms. The summed E-state index contributed by atoms with van der Waals surface area (Å²) in [5.41, 5.74) is 2.44. The molecule has 0 aliphatic carbocycles. The third kappa shape index (κ3) is 3.45. The van der Waals surface area contributed by atoms with Crippen molar-refractivity contribution in [3.8, 4) is 16.9 Å². The van der Waals surface area contributed by atoms with E-state index in [0.29, 0.717) is 11.4 Å². The van der Waals surface area contributed by atoms with Crippen LogP contribution >= 0.6 is 0 Å². The molecule has 0 aromatic heterocycles. The third-order valence-electron chi connectivity index (χ3n) is 2.65. The molecule has 0 fully saturated rings. The zero-order chi connectivity index (χ0) is 14.5. The van der Waals surface area contributed by atoms with E-state index in [1.54, 1.807) is 12.1 Å². The molecule has 1 amide bonds. The molecular formula is C16H15NO3. The lowest BCUT2D eigenvalue weighted by atomic mass is 10.0. The normalized spacial score (nSPS) is 9.90. The number of rotatable bonds is 3. The number of esters is 1. The molecule has 2 aromatic carbocycles. The number of amides is 1. The van der Waals surface area contributed by atoms with Gasteiger partial charge in [0.15, 0.2) is 5.75 Å². The Morgan fingerprint density at radius 1 is 0.950 bits per heavy atom. The average Bonchev–Trinajstić information content (AvgIpc) is 2.40. The van der Waals surface area contributed by atoms with Crippen molar-refractivity contribution in [2.24, 2.45) is 0 Å². The Morgan fingerprint density at radius 3 is 2.25 bits per heavy atom. The lowest BCUT2D eigenvalue weighted by Crippen LogP contribution is -2.10. The molecule has 0 unspecified atom stereocenters. The zero-order valence-electron chi connectivity index (χ0n) is 11.3. The van der Waals surface area contributed by atoms with Crippen molar-refractivity contribution in [2.45, 2.75) is 13.8 Å². The Labute approximate surface area is 117 Å². The van der Waals surface area contributed by atoms with Gasteiger partial charge in [-0.15, -0.1) is 0 Å². The van der Waals surface area contributed by atoms with Crippen molar-refractivity contribution in [3.63, 3.8) is 0 Å². The number of carbonyl (C=O) groups excluding carboxylic acids is 2. The summed E-state index contributed by atoms with van der Waals surface area (Å²) in [6.07, 6.45) is 0. The van der Waals surface area contributed by atoms with Gasteiger partial charge in [-0.1, -0.05) is 36.4 Å². The van der Waals surface area contributed by atoms with Gasteiger partial charge in [-0.2, -0.15) is 0 Å². The molecule has 0 aliphatic rings. The Bertz CT molecular complexity index is 635. The number of anilines is 1. The van der Waals surface area contributed by atoms with Crippen LogP contribution in [0, 0.1) is 0 Å². The van der Waals surface area contributed by atoms with E-state index in [1.807, 2.05) is 36.4 Å². The molecule has 0 radical (unpaired) electrons. The van der Waals surface area contributed by atoms with E-state index in [1.165, 1.54) is 13.8 Å². The molecule has 2 rings (SSSR count). The number of carbonyl (C=O) groups is 2. The van der Waals surface area contributed by atoms with Crippen molar-refractivity contribution in [1.82, 2.24) is 0 Å². The third-order valence-corrected chi connectivity index (χ3v) is 2.65. The zero-order valence-corrected chi connectivity index (χ0v) is 11.3. The monoisotopic (exact) mass is 269 g/mol. The van der Waals surface area contributed by atoms with Crippen LogP contribution in [0.15, 0.2) is 48.5 Å². The van der Waals surface area contributed by atoms with Crippen LogP contribution in [0.4, 0.5) is 5.69 Å². The summed E-state index contributed by atoms with van der Waals surface area (Å²) in [6, 6.07) is 15.1. The van der Waals surface area contributed by atoms with Crippen LogP contribution in [0.1, 0.15) is 13.8 Å². The molecule has 102 valence electrons. The van der Waals surface area contributed by atoms with Crippen molar-refractivity contribution >= 4 is 17.6 Å². The topological polar surface area (TPSA) is 55.4 Å². The first-order valence-electron chi connectivity index (χ1n) is 6.22. The summed E-state index contributed by atoms with van der Waals surface area (Å²) in [7, 11) is 0. The molecule has 0 saturated carbocycles. The molecule has 0 heterocycles. The molecular weight excluding hydrogens is 254 g/mol. The van der Waals surface area contributed by atoms with Crippen LogP contribution in [0.25, 0.3) is 11.1 Å². The van der Waals surface area contributed by atoms with Crippen LogP contribution in [-0.4, -0.2) is 11.9 Å². The van der Waals surface area contributed by atoms with Crippen molar-refractivity contribution < 1.29 is 14.3 Å². The molecule has 0 spiro atoms. The molecule has 4 heteroatoms. The molecule has 0 aliphatic heterocycles. The minimum atomic E-state index is -0.427. The summed E-state index contributed by atoms with van der Waals surface area (Å²) < 4.78 is 5.08. The SMILES string of the molecule is CC(=O)Nc1cc(-c2ccccc2)ccc1OC(C)=O. The highest BCUT2D eigenvalue weighted by molar-refractivity contribution is 5.92. The van der Waals surface area contributed by atoms with Crippen LogP contribution < -0.4 is 10.1 Å². The second-order valence-corrected chi connectivity index (χ2v) is 4.35. The van der Waals surface area contributed by atoms with Gasteiger partial charge in [-0.25, -0.2) is 0 Å². The van der Waals surface area contributed by atoms with E-state index in [4.69, 9.17) is 4.74 Å². The van der Waals surface area contributed by atoms with Crippen molar-refractivity contribution in [1.29, 1.82) is 0 Å². The van der Waals surface area contributed by atoms with Gasteiger partial charge in [-0.3, -0.25) is 9.59 Å². The minimum Gasteiger partial charge on any atom is -0.424 e. The summed E-state index contributed by atoms with van der Waals surface area (Å²) in [4.78, 5) is 22.3. The van der Waals surface area contributed by atoms with Gasteiger partial charge in [0.1, 0.15) is 0 Å². The maximum absolute atomic E-state index is 11.2. The predicted molar refractivity (Wildman–Crippen MR) is 77.5 cm³/mol. The molecule has 0 atom stereocenters. The number of benzene rings is 2. The van der Waals surface area contributed by atoms with Gasteiger partial charge in [0.05, 0.1) is 5.69 Å². The maximum atomic E-state index is 11.2. The number of hydrogen-bond donors (Lipinski definition) is 1. The van der Waals surface area contributed by atoms with E-state index < -0.39 is 5.97 Å². The summed E-state index contributed by atoms with van der Waals surface area (Å²) in [6.45, 7) is 2.73. The van der Waals surface area contributed by atoms with Crippen LogP contribution in [0.5, 0.6) is 5.75 Å². The van der Waals surface area contributed by atoms with E-state index in [9.17, 15) is 9.59 Å². The first-order valence-corrected chi connectivity index (χ1v) is 6.22. The van der Waals surface area contributed by atoms with Gasteiger partial charge in [0, 0.05) is 13.8 Å². The molecule has 0 saturated heterocycles. The van der Waals surface area contributed by atoms with E-state index in [0.717, 1.165) is 11.1 Å². The van der Waals surface area contributed by atoms with Crippen LogP contribution in [-0.2, 0) is 9.59 Å². The van der Waals surface area contributed by atoms with E-state index in [2.05, 4.69) is 5.32 Å². The molecule has 2 aromatic rings. The number of nitrogens with one attached hydrogen (secondary N) is 1. The lowest BCUT2D eigenvalue weighted by molar-refractivity contribution is -0.131. The van der Waals surface area contributed by atoms with Gasteiger partial charge >= 0.3 is 5.97 Å². The second kappa shape index (κ2) is 6.02. The molecule has 1 N–H and O–H groups in total. The van der Waals surface area contributed by atoms with E-state index in [-0.39, 0.29) is 5.91 Å². The second-order valence-electron chi connectivity index (χ2n) is 4.35. The molecule has 4 nitrogen and oxygen atoms in total. The first-order chi connectivity index (χ1) is 9.56. The Kier molecular flexibility index (Phi) is 4.15. The van der Waals surface area contributed by atoms with Gasteiger partial charge in [0.2, 0.25) is 5.91 Å². The largest absolute Gasteiger partial charge is 0.424 e. The van der Waals surface area contributed by atoms with Gasteiger partial charge < -0.3 is 10.1 Å². The van der Waals surface area contributed by atoms with Crippen molar-refractivity contribution in [2.75, 3.05) is 5.32 Å². The molecule has 0 bridgehead atoms. The highest BCUT2D eigenvalue weighted by atomic mass is 16.5. The Morgan fingerprint density at radius 2 is 1.65 bits per heavy atom. The number of ether oxygens (including phenoxy) is 1. The van der Waals surface area contributed by atoms with Crippen molar-refractivity contribution in [3.05, 3.63) is 48.5 Å². The fourth-order valence-corrected chi connectivity index (χ4v) is 1.87. The average molecular weight is 269 g/mol. The van der Waals surface area contributed by atoms with Gasteiger partial charge in [-0.05, 0) is 23.3 Å². The Balaban J connectivity index is 2.42.